The predicted octanol–water partition coefficient (Wildman–Crippen LogP) is 1.98. The zero-order valence-electron chi connectivity index (χ0n) is 9.29. The molecule has 1 amide bonds. The number of amides is 1. The second-order valence-corrected chi connectivity index (χ2v) is 4.26. The number of carbonyl (C=O) groups excluding carboxylic acids is 1. The van der Waals surface area contributed by atoms with Gasteiger partial charge in [-0.25, -0.2) is 5.84 Å². The van der Waals surface area contributed by atoms with Gasteiger partial charge in [-0.2, -0.15) is 0 Å². The number of hydrogen-bond donors (Lipinski definition) is 2. The van der Waals surface area contributed by atoms with Gasteiger partial charge in [0.1, 0.15) is 5.75 Å². The van der Waals surface area contributed by atoms with Crippen molar-refractivity contribution in [3.05, 3.63) is 28.8 Å². The van der Waals surface area contributed by atoms with E-state index in [2.05, 4.69) is 5.43 Å². The molecule has 0 spiro atoms. The van der Waals surface area contributed by atoms with Crippen molar-refractivity contribution in [2.24, 2.45) is 11.8 Å². The van der Waals surface area contributed by atoms with Crippen molar-refractivity contribution >= 4 is 17.5 Å². The Hall–Kier alpha value is -1.26. The Morgan fingerprint density at radius 2 is 2.25 bits per heavy atom. The molecule has 16 heavy (non-hydrogen) atoms. The largest absolute Gasteiger partial charge is 0.492 e. The average Bonchev–Trinajstić information content (AvgIpc) is 2.26. The molecule has 1 aromatic carbocycles. The van der Waals surface area contributed by atoms with Crippen LogP contribution in [0.4, 0.5) is 0 Å². The smallest absolute Gasteiger partial charge is 0.268 e. The maximum Gasteiger partial charge on any atom is 0.268 e. The summed E-state index contributed by atoms with van der Waals surface area (Å²) in [5, 5.41) is 0.468. The van der Waals surface area contributed by atoms with E-state index < -0.39 is 5.91 Å². The van der Waals surface area contributed by atoms with Gasteiger partial charge in [-0.15, -0.1) is 0 Å². The minimum Gasteiger partial charge on any atom is -0.492 e. The van der Waals surface area contributed by atoms with Gasteiger partial charge in [-0.3, -0.25) is 10.2 Å². The molecule has 0 atom stereocenters. The fourth-order valence-corrected chi connectivity index (χ4v) is 1.31. The molecule has 0 unspecified atom stereocenters. The molecule has 0 saturated heterocycles. The van der Waals surface area contributed by atoms with Crippen LogP contribution in [0.2, 0.25) is 5.02 Å². The Morgan fingerprint density at radius 3 is 2.81 bits per heavy atom. The number of halogens is 1. The molecule has 4 nitrogen and oxygen atoms in total. The third kappa shape index (κ3) is 3.40. The standard InChI is InChI=1S/C11H15ClN2O2/c1-7(2)6-16-10-4-3-8(12)5-9(10)11(15)14-13/h3-5,7H,6,13H2,1-2H3,(H,14,15). The lowest BCUT2D eigenvalue weighted by molar-refractivity contribution is 0.0949. The van der Waals surface area contributed by atoms with Gasteiger partial charge in [0, 0.05) is 5.02 Å². The van der Waals surface area contributed by atoms with Gasteiger partial charge in [0.2, 0.25) is 0 Å². The van der Waals surface area contributed by atoms with Crippen molar-refractivity contribution in [1.29, 1.82) is 0 Å². The fourth-order valence-electron chi connectivity index (χ4n) is 1.14. The van der Waals surface area contributed by atoms with Crippen molar-refractivity contribution in [2.75, 3.05) is 6.61 Å². The van der Waals surface area contributed by atoms with Crippen LogP contribution in [0.25, 0.3) is 0 Å². The van der Waals surface area contributed by atoms with Crippen LogP contribution in [0.1, 0.15) is 24.2 Å². The van der Waals surface area contributed by atoms with Crippen molar-refractivity contribution in [3.8, 4) is 5.75 Å². The molecule has 0 aromatic heterocycles. The molecule has 0 fully saturated rings. The summed E-state index contributed by atoms with van der Waals surface area (Å²) in [6.45, 7) is 4.59. The first kappa shape index (κ1) is 12.8. The first-order valence-electron chi connectivity index (χ1n) is 4.98. The number of nitrogen functional groups attached to an aromatic ring is 1. The van der Waals surface area contributed by atoms with E-state index >= 15 is 0 Å². The minimum absolute atomic E-state index is 0.343. The second-order valence-electron chi connectivity index (χ2n) is 3.82. The van der Waals surface area contributed by atoms with Gasteiger partial charge in [0.15, 0.2) is 0 Å². The van der Waals surface area contributed by atoms with E-state index in [9.17, 15) is 4.79 Å². The Bertz CT molecular complexity index is 380. The zero-order valence-corrected chi connectivity index (χ0v) is 10.0. The van der Waals surface area contributed by atoms with Crippen LogP contribution >= 0.6 is 11.6 Å². The van der Waals surface area contributed by atoms with Gasteiger partial charge in [-0.1, -0.05) is 25.4 Å². The highest BCUT2D eigenvalue weighted by atomic mass is 35.5. The molecule has 3 N–H and O–H groups in total. The molecule has 88 valence electrons. The van der Waals surface area contributed by atoms with Crippen LogP contribution in [0.3, 0.4) is 0 Å². The number of nitrogens with one attached hydrogen (secondary N) is 1. The highest BCUT2D eigenvalue weighted by molar-refractivity contribution is 6.31. The van der Waals surface area contributed by atoms with Gasteiger partial charge in [0.25, 0.3) is 5.91 Å². The number of benzene rings is 1. The van der Waals surface area contributed by atoms with Crippen LogP contribution < -0.4 is 16.0 Å². The molecule has 5 heteroatoms. The van der Waals surface area contributed by atoms with E-state index in [0.29, 0.717) is 28.9 Å². The number of ether oxygens (including phenoxy) is 1. The number of carbonyl (C=O) groups is 1. The minimum atomic E-state index is -0.416. The Morgan fingerprint density at radius 1 is 1.56 bits per heavy atom. The van der Waals surface area contributed by atoms with E-state index in [1.165, 1.54) is 6.07 Å². The number of rotatable bonds is 4. The molecule has 0 radical (unpaired) electrons. The summed E-state index contributed by atoms with van der Waals surface area (Å²) < 4.78 is 5.50. The maximum atomic E-state index is 11.5. The van der Waals surface area contributed by atoms with Crippen molar-refractivity contribution < 1.29 is 9.53 Å². The van der Waals surface area contributed by atoms with Gasteiger partial charge in [0.05, 0.1) is 12.2 Å². The molecular formula is C11H15ClN2O2. The Balaban J connectivity index is 2.93. The summed E-state index contributed by atoms with van der Waals surface area (Å²) in [6, 6.07) is 4.86. The predicted molar refractivity (Wildman–Crippen MR) is 63.4 cm³/mol. The van der Waals surface area contributed by atoms with Gasteiger partial charge in [-0.05, 0) is 24.1 Å². The summed E-state index contributed by atoms with van der Waals surface area (Å²) in [5.74, 6) is 5.53. The summed E-state index contributed by atoms with van der Waals surface area (Å²) in [7, 11) is 0. The molecule has 0 bridgehead atoms. The number of nitrogens with two attached hydrogens (primary N) is 1. The lowest BCUT2D eigenvalue weighted by atomic mass is 10.2. The summed E-state index contributed by atoms with van der Waals surface area (Å²) in [5.41, 5.74) is 2.40. The number of hydrogen-bond acceptors (Lipinski definition) is 3. The van der Waals surface area contributed by atoms with E-state index in [4.69, 9.17) is 22.2 Å². The highest BCUT2D eigenvalue weighted by Crippen LogP contribution is 2.23. The van der Waals surface area contributed by atoms with E-state index in [1.54, 1.807) is 12.1 Å². The summed E-state index contributed by atoms with van der Waals surface area (Å²) in [4.78, 5) is 11.5. The van der Waals surface area contributed by atoms with Crippen LogP contribution in [0.5, 0.6) is 5.75 Å². The normalized spacial score (nSPS) is 10.3. The average molecular weight is 243 g/mol. The third-order valence-corrected chi connectivity index (χ3v) is 2.12. The van der Waals surface area contributed by atoms with Crippen molar-refractivity contribution in [2.45, 2.75) is 13.8 Å². The third-order valence-electron chi connectivity index (χ3n) is 1.89. The van der Waals surface area contributed by atoms with E-state index in [0.717, 1.165) is 0 Å². The first-order valence-corrected chi connectivity index (χ1v) is 5.35. The van der Waals surface area contributed by atoms with Gasteiger partial charge < -0.3 is 4.74 Å². The molecule has 0 aliphatic carbocycles. The molecule has 1 rings (SSSR count). The summed E-state index contributed by atoms with van der Waals surface area (Å²) >= 11 is 5.80. The van der Waals surface area contributed by atoms with Gasteiger partial charge >= 0.3 is 0 Å². The zero-order chi connectivity index (χ0) is 12.1. The lowest BCUT2D eigenvalue weighted by Crippen LogP contribution is -2.30. The molecular weight excluding hydrogens is 228 g/mol. The van der Waals surface area contributed by atoms with Crippen LogP contribution in [-0.4, -0.2) is 12.5 Å². The fraction of sp³-hybridized carbons (Fsp3) is 0.364. The molecule has 0 heterocycles. The second kappa shape index (κ2) is 5.72. The number of hydrazine groups is 1. The Labute approximate surface area is 99.7 Å². The molecule has 0 aliphatic heterocycles. The molecule has 0 saturated carbocycles. The maximum absolute atomic E-state index is 11.5. The van der Waals surface area contributed by atoms with E-state index in [1.807, 2.05) is 13.8 Å². The molecule has 0 aliphatic rings. The Kier molecular flexibility index (Phi) is 4.58. The van der Waals surface area contributed by atoms with Crippen molar-refractivity contribution in [1.82, 2.24) is 5.43 Å². The highest BCUT2D eigenvalue weighted by Gasteiger charge is 2.12. The topological polar surface area (TPSA) is 64.3 Å². The quantitative estimate of drug-likeness (QED) is 0.482. The monoisotopic (exact) mass is 242 g/mol. The summed E-state index contributed by atoms with van der Waals surface area (Å²) in [6.07, 6.45) is 0. The van der Waals surface area contributed by atoms with Crippen LogP contribution in [-0.2, 0) is 0 Å². The first-order chi connectivity index (χ1) is 7.54. The van der Waals surface area contributed by atoms with Crippen molar-refractivity contribution in [3.63, 3.8) is 0 Å². The molecule has 1 aromatic rings. The van der Waals surface area contributed by atoms with E-state index in [-0.39, 0.29) is 0 Å². The SMILES string of the molecule is CC(C)COc1ccc(Cl)cc1C(=O)NN. The van der Waals surface area contributed by atoms with Crippen LogP contribution in [0.15, 0.2) is 18.2 Å². The lowest BCUT2D eigenvalue weighted by Gasteiger charge is -2.12. The van der Waals surface area contributed by atoms with Crippen LogP contribution in [0, 0.1) is 5.92 Å².